The van der Waals surface area contributed by atoms with Crippen molar-refractivity contribution in [2.45, 2.75) is 19.9 Å². The smallest absolute Gasteiger partial charge is 0.323 e. The minimum atomic E-state index is -0.356. The fourth-order valence-electron chi connectivity index (χ4n) is 0.964. The average Bonchev–Trinajstić information content (AvgIpc) is 2.16. The van der Waals surface area contributed by atoms with Crippen molar-refractivity contribution in [3.05, 3.63) is 10.6 Å². The molecule has 0 bridgehead atoms. The lowest BCUT2D eigenvalue weighted by Gasteiger charge is -2.19. The molecular weight excluding hydrogens is 225 g/mol. The van der Waals surface area contributed by atoms with Gasteiger partial charge in [-0.25, -0.2) is 0 Å². The number of hydrogen-bond acceptors (Lipinski definition) is 3. The van der Waals surface area contributed by atoms with Gasteiger partial charge in [0, 0.05) is 17.1 Å². The third-order valence-electron chi connectivity index (χ3n) is 1.73. The first-order valence-corrected chi connectivity index (χ1v) is 5.10. The minimum absolute atomic E-state index is 0.141. The second-order valence-electron chi connectivity index (χ2n) is 3.18. The molecule has 82 valence electrons. The number of carbonyl (C=O) groups excluding carboxylic acids is 1. The van der Waals surface area contributed by atoms with E-state index in [9.17, 15) is 4.79 Å². The predicted octanol–water partition coefficient (Wildman–Crippen LogP) is 2.09. The average molecular weight is 240 g/mol. The molecule has 0 aromatic heterocycles. The Kier molecular flexibility index (Phi) is 6.97. The molecule has 0 spiro atoms. The van der Waals surface area contributed by atoms with Crippen LogP contribution >= 0.6 is 23.2 Å². The summed E-state index contributed by atoms with van der Waals surface area (Å²) in [4.78, 5) is 11.3. The molecule has 0 aliphatic heterocycles. The summed E-state index contributed by atoms with van der Waals surface area (Å²) in [5.41, 5.74) is 1.27. The molecule has 1 N–H and O–H groups in total. The van der Waals surface area contributed by atoms with Gasteiger partial charge in [-0.05, 0) is 5.92 Å². The highest BCUT2D eigenvalue weighted by atomic mass is 35.5. The monoisotopic (exact) mass is 239 g/mol. The van der Waals surface area contributed by atoms with Gasteiger partial charge in [0.2, 0.25) is 0 Å². The van der Waals surface area contributed by atoms with E-state index in [2.05, 4.69) is 10.1 Å². The van der Waals surface area contributed by atoms with Gasteiger partial charge in [0.1, 0.15) is 6.04 Å². The zero-order chi connectivity index (χ0) is 11.1. The molecule has 0 aromatic carbocycles. The molecule has 0 amide bonds. The third-order valence-corrected chi connectivity index (χ3v) is 2.35. The Morgan fingerprint density at radius 2 is 2.14 bits per heavy atom. The SMILES string of the molecule is COC(=O)C(NCC(Cl)=CCl)C(C)C. The van der Waals surface area contributed by atoms with Crippen LogP contribution in [-0.2, 0) is 9.53 Å². The first kappa shape index (κ1) is 13.8. The fraction of sp³-hybridized carbons (Fsp3) is 0.667. The van der Waals surface area contributed by atoms with Crippen LogP contribution in [0.3, 0.4) is 0 Å². The van der Waals surface area contributed by atoms with Crippen LogP contribution in [0.5, 0.6) is 0 Å². The number of hydrogen-bond donors (Lipinski definition) is 1. The van der Waals surface area contributed by atoms with Crippen LogP contribution in [0.2, 0.25) is 0 Å². The maximum atomic E-state index is 11.3. The minimum Gasteiger partial charge on any atom is -0.468 e. The van der Waals surface area contributed by atoms with Gasteiger partial charge in [-0.15, -0.1) is 0 Å². The third kappa shape index (κ3) is 4.84. The Bertz CT molecular complexity index is 217. The second kappa shape index (κ2) is 7.10. The Morgan fingerprint density at radius 3 is 2.50 bits per heavy atom. The molecule has 1 atom stereocenters. The van der Waals surface area contributed by atoms with Crippen molar-refractivity contribution < 1.29 is 9.53 Å². The number of esters is 1. The maximum absolute atomic E-state index is 11.3. The van der Waals surface area contributed by atoms with Crippen LogP contribution in [-0.4, -0.2) is 25.7 Å². The normalized spacial score (nSPS) is 14.3. The van der Waals surface area contributed by atoms with E-state index < -0.39 is 0 Å². The quantitative estimate of drug-likeness (QED) is 0.748. The van der Waals surface area contributed by atoms with E-state index in [1.165, 1.54) is 12.6 Å². The molecule has 14 heavy (non-hydrogen) atoms. The lowest BCUT2D eigenvalue weighted by atomic mass is 10.1. The highest BCUT2D eigenvalue weighted by Gasteiger charge is 2.21. The van der Waals surface area contributed by atoms with Crippen molar-refractivity contribution >= 4 is 29.2 Å². The summed E-state index contributed by atoms with van der Waals surface area (Å²) >= 11 is 11.1. The molecule has 0 rings (SSSR count). The number of nitrogens with one attached hydrogen (secondary N) is 1. The Hall–Kier alpha value is -0.250. The van der Waals surface area contributed by atoms with Gasteiger partial charge in [0.15, 0.2) is 0 Å². The first-order chi connectivity index (χ1) is 6.52. The second-order valence-corrected chi connectivity index (χ2v) is 3.89. The van der Waals surface area contributed by atoms with Crippen LogP contribution < -0.4 is 5.32 Å². The molecule has 0 radical (unpaired) electrons. The lowest BCUT2D eigenvalue weighted by Crippen LogP contribution is -2.42. The zero-order valence-corrected chi connectivity index (χ0v) is 10.0. The van der Waals surface area contributed by atoms with E-state index in [1.807, 2.05) is 13.8 Å². The van der Waals surface area contributed by atoms with Gasteiger partial charge in [-0.3, -0.25) is 10.1 Å². The molecule has 3 nitrogen and oxygen atoms in total. The van der Waals surface area contributed by atoms with Crippen molar-refractivity contribution in [3.8, 4) is 0 Å². The summed E-state index contributed by atoms with van der Waals surface area (Å²) in [6.45, 7) is 4.21. The van der Waals surface area contributed by atoms with E-state index in [0.29, 0.717) is 11.6 Å². The van der Waals surface area contributed by atoms with Crippen LogP contribution in [0.15, 0.2) is 10.6 Å². The van der Waals surface area contributed by atoms with Crippen molar-refractivity contribution in [1.29, 1.82) is 0 Å². The summed E-state index contributed by atoms with van der Waals surface area (Å²) in [6, 6.07) is -0.356. The highest BCUT2D eigenvalue weighted by molar-refractivity contribution is 6.36. The lowest BCUT2D eigenvalue weighted by molar-refractivity contribution is -0.144. The fourth-order valence-corrected chi connectivity index (χ4v) is 1.12. The number of ether oxygens (including phenoxy) is 1. The molecule has 0 saturated heterocycles. The first-order valence-electron chi connectivity index (χ1n) is 4.28. The summed E-state index contributed by atoms with van der Waals surface area (Å²) in [6.07, 6.45) is 0. The highest BCUT2D eigenvalue weighted by Crippen LogP contribution is 2.06. The Morgan fingerprint density at radius 1 is 1.57 bits per heavy atom. The Labute approximate surface area is 94.4 Å². The van der Waals surface area contributed by atoms with Crippen molar-refractivity contribution in [2.75, 3.05) is 13.7 Å². The molecule has 0 aliphatic rings. The van der Waals surface area contributed by atoms with E-state index in [4.69, 9.17) is 23.2 Å². The van der Waals surface area contributed by atoms with Crippen LogP contribution in [0, 0.1) is 5.92 Å². The number of halogens is 2. The largest absolute Gasteiger partial charge is 0.468 e. The van der Waals surface area contributed by atoms with E-state index in [1.54, 1.807) is 0 Å². The van der Waals surface area contributed by atoms with Gasteiger partial charge < -0.3 is 4.74 Å². The molecule has 0 fully saturated rings. The summed E-state index contributed by atoms with van der Waals surface area (Å²) < 4.78 is 4.64. The summed E-state index contributed by atoms with van der Waals surface area (Å²) in [7, 11) is 1.36. The van der Waals surface area contributed by atoms with Crippen molar-refractivity contribution in [2.24, 2.45) is 5.92 Å². The maximum Gasteiger partial charge on any atom is 0.323 e. The van der Waals surface area contributed by atoms with E-state index >= 15 is 0 Å². The molecular formula is C9H15Cl2NO2. The molecule has 0 aliphatic carbocycles. The zero-order valence-electron chi connectivity index (χ0n) is 8.51. The van der Waals surface area contributed by atoms with Gasteiger partial charge in [-0.1, -0.05) is 37.0 Å². The number of carbonyl (C=O) groups is 1. The molecule has 5 heteroatoms. The molecule has 1 unspecified atom stereocenters. The molecule has 0 saturated carbocycles. The van der Waals surface area contributed by atoms with Gasteiger partial charge >= 0.3 is 5.97 Å². The predicted molar refractivity (Wildman–Crippen MR) is 58.4 cm³/mol. The molecule has 0 aromatic rings. The van der Waals surface area contributed by atoms with Crippen LogP contribution in [0.4, 0.5) is 0 Å². The number of methoxy groups -OCH3 is 1. The van der Waals surface area contributed by atoms with Gasteiger partial charge in [0.25, 0.3) is 0 Å². The van der Waals surface area contributed by atoms with Crippen LogP contribution in [0.1, 0.15) is 13.8 Å². The van der Waals surface area contributed by atoms with E-state index in [-0.39, 0.29) is 17.9 Å². The van der Waals surface area contributed by atoms with E-state index in [0.717, 1.165) is 0 Å². The van der Waals surface area contributed by atoms with Crippen molar-refractivity contribution in [3.63, 3.8) is 0 Å². The standard InChI is InChI=1S/C9H15Cl2NO2/c1-6(2)8(9(13)14-3)12-5-7(11)4-10/h4,6,8,12H,5H2,1-3H3. The summed E-state index contributed by atoms with van der Waals surface area (Å²) in [5, 5.41) is 3.42. The van der Waals surface area contributed by atoms with Gasteiger partial charge in [0.05, 0.1) is 7.11 Å². The summed E-state index contributed by atoms with van der Waals surface area (Å²) in [5.74, 6) is -0.152. The topological polar surface area (TPSA) is 38.3 Å². The van der Waals surface area contributed by atoms with Crippen molar-refractivity contribution in [1.82, 2.24) is 5.32 Å². The molecule has 0 heterocycles. The Balaban J connectivity index is 4.18. The van der Waals surface area contributed by atoms with Gasteiger partial charge in [-0.2, -0.15) is 0 Å². The van der Waals surface area contributed by atoms with Crippen LogP contribution in [0.25, 0.3) is 0 Å². The number of rotatable bonds is 5.